The minimum Gasteiger partial charge on any atom is -0.353 e. The molecule has 0 spiro atoms. The van der Waals surface area contributed by atoms with Gasteiger partial charge in [-0.3, -0.25) is 4.79 Å². The van der Waals surface area contributed by atoms with Crippen molar-refractivity contribution in [1.29, 1.82) is 0 Å². The fourth-order valence-electron chi connectivity index (χ4n) is 3.49. The summed E-state index contributed by atoms with van der Waals surface area (Å²) in [5.41, 5.74) is 0. The van der Waals surface area contributed by atoms with Crippen LogP contribution in [0.4, 0.5) is 0 Å². The molecule has 110 valence electrons. The average Bonchev–Trinajstić information content (AvgIpc) is 2.47. The second-order valence-electron chi connectivity index (χ2n) is 6.38. The number of amides is 1. The van der Waals surface area contributed by atoms with Gasteiger partial charge in [-0.15, -0.1) is 0 Å². The lowest BCUT2D eigenvalue weighted by Crippen LogP contribution is -2.39. The van der Waals surface area contributed by atoms with Crippen molar-refractivity contribution in [3.63, 3.8) is 0 Å². The number of piperidine rings is 1. The van der Waals surface area contributed by atoms with Crippen molar-refractivity contribution in [2.24, 2.45) is 5.92 Å². The van der Waals surface area contributed by atoms with Gasteiger partial charge in [0.2, 0.25) is 5.91 Å². The molecular formula is C16H30N2O. The molecule has 1 saturated carbocycles. The fourth-order valence-corrected chi connectivity index (χ4v) is 3.49. The number of hydrogen-bond acceptors (Lipinski definition) is 2. The summed E-state index contributed by atoms with van der Waals surface area (Å²) in [7, 11) is 0. The van der Waals surface area contributed by atoms with Gasteiger partial charge in [-0.1, -0.05) is 19.8 Å². The number of rotatable bonds is 5. The Morgan fingerprint density at radius 1 is 1.16 bits per heavy atom. The molecule has 0 aromatic carbocycles. The largest absolute Gasteiger partial charge is 0.353 e. The van der Waals surface area contributed by atoms with Crippen LogP contribution in [0.5, 0.6) is 0 Å². The van der Waals surface area contributed by atoms with E-state index in [1.807, 2.05) is 0 Å². The Kier molecular flexibility index (Phi) is 6.15. The van der Waals surface area contributed by atoms with Gasteiger partial charge in [0.25, 0.3) is 0 Å². The van der Waals surface area contributed by atoms with Gasteiger partial charge in [0.05, 0.1) is 0 Å². The van der Waals surface area contributed by atoms with E-state index in [9.17, 15) is 4.79 Å². The van der Waals surface area contributed by atoms with Crippen LogP contribution in [0.2, 0.25) is 0 Å². The van der Waals surface area contributed by atoms with E-state index >= 15 is 0 Å². The Balaban J connectivity index is 1.59. The van der Waals surface area contributed by atoms with E-state index in [1.165, 1.54) is 51.4 Å². The lowest BCUT2D eigenvalue weighted by Gasteiger charge is -2.29. The summed E-state index contributed by atoms with van der Waals surface area (Å²) < 4.78 is 0. The Morgan fingerprint density at radius 2 is 1.95 bits per heavy atom. The molecule has 2 rings (SSSR count). The number of nitrogens with one attached hydrogen (secondary N) is 2. The summed E-state index contributed by atoms with van der Waals surface area (Å²) in [6.45, 7) is 3.41. The van der Waals surface area contributed by atoms with Gasteiger partial charge < -0.3 is 10.6 Å². The average molecular weight is 266 g/mol. The van der Waals surface area contributed by atoms with Crippen molar-refractivity contribution >= 4 is 5.91 Å². The summed E-state index contributed by atoms with van der Waals surface area (Å²) in [5.74, 6) is 1.17. The summed E-state index contributed by atoms with van der Waals surface area (Å²) in [4.78, 5) is 12.0. The summed E-state index contributed by atoms with van der Waals surface area (Å²) in [5, 5.41) is 6.75. The van der Waals surface area contributed by atoms with E-state index in [1.54, 1.807) is 0 Å². The molecule has 1 amide bonds. The first-order chi connectivity index (χ1) is 9.28. The number of carbonyl (C=O) groups excluding carboxylic acids is 1. The van der Waals surface area contributed by atoms with Crippen LogP contribution in [-0.4, -0.2) is 24.5 Å². The monoisotopic (exact) mass is 266 g/mol. The first-order valence-electron chi connectivity index (χ1n) is 8.30. The summed E-state index contributed by atoms with van der Waals surface area (Å²) in [6.07, 6.45) is 11.8. The minimum absolute atomic E-state index is 0.271. The fraction of sp³-hybridized carbons (Fsp3) is 0.938. The zero-order valence-corrected chi connectivity index (χ0v) is 12.4. The van der Waals surface area contributed by atoms with E-state index in [2.05, 4.69) is 17.6 Å². The highest BCUT2D eigenvalue weighted by atomic mass is 16.1. The molecule has 0 radical (unpaired) electrons. The zero-order valence-electron chi connectivity index (χ0n) is 12.4. The van der Waals surface area contributed by atoms with Crippen molar-refractivity contribution in [2.75, 3.05) is 6.54 Å². The summed E-state index contributed by atoms with van der Waals surface area (Å²) >= 11 is 0. The van der Waals surface area contributed by atoms with Gasteiger partial charge in [-0.05, 0) is 57.4 Å². The van der Waals surface area contributed by atoms with Crippen LogP contribution in [0.3, 0.4) is 0 Å². The van der Waals surface area contributed by atoms with E-state index in [0.29, 0.717) is 18.5 Å². The molecule has 0 bridgehead atoms. The first kappa shape index (κ1) is 14.8. The third-order valence-corrected chi connectivity index (χ3v) is 4.92. The van der Waals surface area contributed by atoms with Crippen LogP contribution in [0, 0.1) is 5.92 Å². The van der Waals surface area contributed by atoms with Crippen LogP contribution in [-0.2, 0) is 4.79 Å². The number of hydrogen-bond donors (Lipinski definition) is 2. The minimum atomic E-state index is 0.271. The van der Waals surface area contributed by atoms with Gasteiger partial charge in [0.1, 0.15) is 0 Å². The molecule has 2 fully saturated rings. The Morgan fingerprint density at radius 3 is 2.58 bits per heavy atom. The van der Waals surface area contributed by atoms with E-state index < -0.39 is 0 Å². The van der Waals surface area contributed by atoms with Crippen molar-refractivity contribution in [1.82, 2.24) is 10.6 Å². The zero-order chi connectivity index (χ0) is 13.5. The molecule has 1 heterocycles. The molecule has 2 aliphatic rings. The Labute approximate surface area is 117 Å². The third-order valence-electron chi connectivity index (χ3n) is 4.92. The highest BCUT2D eigenvalue weighted by Gasteiger charge is 2.21. The highest BCUT2D eigenvalue weighted by molar-refractivity contribution is 5.76. The molecule has 1 aliphatic carbocycles. The standard InChI is InChI=1S/C16H30N2O/c1-2-13-6-8-15(9-7-13)18-16(19)11-10-14-5-3-4-12-17-14/h13-15,17H,2-12H2,1H3,(H,18,19). The van der Waals surface area contributed by atoms with E-state index in [-0.39, 0.29) is 5.91 Å². The first-order valence-corrected chi connectivity index (χ1v) is 8.30. The van der Waals surface area contributed by atoms with Crippen molar-refractivity contribution < 1.29 is 4.79 Å². The molecule has 0 aromatic rings. The van der Waals surface area contributed by atoms with Gasteiger partial charge in [-0.2, -0.15) is 0 Å². The maximum Gasteiger partial charge on any atom is 0.220 e. The van der Waals surface area contributed by atoms with Gasteiger partial charge in [-0.25, -0.2) is 0 Å². The SMILES string of the molecule is CCC1CCC(NC(=O)CCC2CCCCN2)CC1. The molecule has 3 heteroatoms. The molecule has 0 aromatic heterocycles. The topological polar surface area (TPSA) is 41.1 Å². The maximum absolute atomic E-state index is 12.0. The highest BCUT2D eigenvalue weighted by Crippen LogP contribution is 2.26. The predicted molar refractivity (Wildman–Crippen MR) is 79.1 cm³/mol. The van der Waals surface area contributed by atoms with Crippen LogP contribution < -0.4 is 10.6 Å². The Hall–Kier alpha value is -0.570. The molecule has 1 saturated heterocycles. The molecule has 1 unspecified atom stereocenters. The maximum atomic E-state index is 12.0. The quantitative estimate of drug-likeness (QED) is 0.803. The second-order valence-corrected chi connectivity index (χ2v) is 6.38. The molecule has 2 N–H and O–H groups in total. The Bertz CT molecular complexity index is 266. The molecule has 3 nitrogen and oxygen atoms in total. The summed E-state index contributed by atoms with van der Waals surface area (Å²) in [6, 6.07) is 1.03. The van der Waals surface area contributed by atoms with Crippen molar-refractivity contribution in [3.8, 4) is 0 Å². The predicted octanol–water partition coefficient (Wildman–Crippen LogP) is 2.99. The lowest BCUT2D eigenvalue weighted by atomic mass is 9.84. The lowest BCUT2D eigenvalue weighted by molar-refractivity contribution is -0.122. The van der Waals surface area contributed by atoms with Gasteiger partial charge in [0, 0.05) is 18.5 Å². The van der Waals surface area contributed by atoms with Crippen molar-refractivity contribution in [3.05, 3.63) is 0 Å². The molecule has 1 atom stereocenters. The van der Waals surface area contributed by atoms with Crippen LogP contribution in [0.15, 0.2) is 0 Å². The van der Waals surface area contributed by atoms with Crippen LogP contribution in [0.1, 0.15) is 71.1 Å². The van der Waals surface area contributed by atoms with Gasteiger partial charge >= 0.3 is 0 Å². The normalized spacial score (nSPS) is 31.9. The van der Waals surface area contributed by atoms with Crippen molar-refractivity contribution in [2.45, 2.75) is 83.2 Å². The van der Waals surface area contributed by atoms with E-state index in [0.717, 1.165) is 18.9 Å². The number of carbonyl (C=O) groups is 1. The molecule has 1 aliphatic heterocycles. The third kappa shape index (κ3) is 5.13. The van der Waals surface area contributed by atoms with Crippen LogP contribution in [0.25, 0.3) is 0 Å². The van der Waals surface area contributed by atoms with E-state index in [4.69, 9.17) is 0 Å². The molecular weight excluding hydrogens is 236 g/mol. The second kappa shape index (κ2) is 7.88. The van der Waals surface area contributed by atoms with Gasteiger partial charge in [0.15, 0.2) is 0 Å². The molecule has 19 heavy (non-hydrogen) atoms. The van der Waals surface area contributed by atoms with Crippen LogP contribution >= 0.6 is 0 Å². The smallest absolute Gasteiger partial charge is 0.220 e.